The Balaban J connectivity index is 2.08. The van der Waals surface area contributed by atoms with E-state index in [1.54, 1.807) is 0 Å². The maximum atomic E-state index is 5.93. The summed E-state index contributed by atoms with van der Waals surface area (Å²) in [6, 6.07) is 19.2. The Hall–Kier alpha value is -1.64. The summed E-state index contributed by atoms with van der Waals surface area (Å²) >= 11 is 0. The minimum Gasteiger partial charge on any atom is -0.329 e. The fourth-order valence-electron chi connectivity index (χ4n) is 2.35. The number of nitrogens with two attached hydrogens (primary N) is 1. The van der Waals surface area contributed by atoms with Gasteiger partial charge in [-0.25, -0.2) is 0 Å². The van der Waals surface area contributed by atoms with Crippen LogP contribution in [0, 0.1) is 0 Å². The molecule has 0 heterocycles. The molecule has 0 spiro atoms. The van der Waals surface area contributed by atoms with E-state index < -0.39 is 0 Å². The topological polar surface area (TPSA) is 38.0 Å². The van der Waals surface area contributed by atoms with Crippen LogP contribution in [-0.2, 0) is 13.0 Å². The molecule has 0 bridgehead atoms. The van der Waals surface area contributed by atoms with Gasteiger partial charge in [0.1, 0.15) is 0 Å². The second-order valence-electron chi connectivity index (χ2n) is 4.71. The summed E-state index contributed by atoms with van der Waals surface area (Å²) in [5.74, 6) is 0. The third kappa shape index (κ3) is 3.66. The number of aryl methyl sites for hydroxylation is 1. The number of rotatable bonds is 6. The van der Waals surface area contributed by atoms with Crippen molar-refractivity contribution in [2.75, 3.05) is 6.54 Å². The first-order valence-electron chi connectivity index (χ1n) is 6.90. The van der Waals surface area contributed by atoms with Gasteiger partial charge >= 0.3 is 0 Å². The lowest BCUT2D eigenvalue weighted by Crippen LogP contribution is -2.28. The first kappa shape index (κ1) is 13.8. The largest absolute Gasteiger partial charge is 0.329 e. The van der Waals surface area contributed by atoms with Crippen molar-refractivity contribution in [1.82, 2.24) is 5.32 Å². The molecule has 0 radical (unpaired) electrons. The molecule has 19 heavy (non-hydrogen) atoms. The van der Waals surface area contributed by atoms with E-state index in [2.05, 4.69) is 60.8 Å². The van der Waals surface area contributed by atoms with Crippen molar-refractivity contribution in [3.63, 3.8) is 0 Å². The predicted molar refractivity (Wildman–Crippen MR) is 80.9 cm³/mol. The Bertz CT molecular complexity index is 494. The Labute approximate surface area is 115 Å². The number of nitrogens with one attached hydrogen (secondary N) is 1. The van der Waals surface area contributed by atoms with Gasteiger partial charge in [0.15, 0.2) is 0 Å². The molecule has 2 aromatic carbocycles. The molecule has 0 aliphatic rings. The molecular weight excluding hydrogens is 232 g/mol. The lowest BCUT2D eigenvalue weighted by molar-refractivity contribution is 0.538. The van der Waals surface area contributed by atoms with Crippen LogP contribution in [0.15, 0.2) is 54.6 Å². The van der Waals surface area contributed by atoms with Crippen LogP contribution in [0.4, 0.5) is 0 Å². The van der Waals surface area contributed by atoms with Gasteiger partial charge in [0.2, 0.25) is 0 Å². The van der Waals surface area contributed by atoms with Gasteiger partial charge in [0.25, 0.3) is 0 Å². The molecule has 100 valence electrons. The van der Waals surface area contributed by atoms with Crippen molar-refractivity contribution in [3.05, 3.63) is 71.3 Å². The molecule has 0 aromatic heterocycles. The van der Waals surface area contributed by atoms with E-state index in [4.69, 9.17) is 5.73 Å². The Morgan fingerprint density at radius 2 is 1.68 bits per heavy atom. The van der Waals surface area contributed by atoms with Crippen molar-refractivity contribution >= 4 is 0 Å². The SMILES string of the molecule is CCc1ccccc1C(CN)NCc1ccccc1. The average molecular weight is 254 g/mol. The van der Waals surface area contributed by atoms with E-state index in [9.17, 15) is 0 Å². The Morgan fingerprint density at radius 1 is 1.00 bits per heavy atom. The van der Waals surface area contributed by atoms with Crippen LogP contribution in [0.2, 0.25) is 0 Å². The zero-order valence-electron chi connectivity index (χ0n) is 11.5. The molecule has 2 rings (SSSR count). The summed E-state index contributed by atoms with van der Waals surface area (Å²) in [7, 11) is 0. The lowest BCUT2D eigenvalue weighted by Gasteiger charge is -2.20. The smallest absolute Gasteiger partial charge is 0.0449 e. The number of hydrogen-bond donors (Lipinski definition) is 2. The van der Waals surface area contributed by atoms with E-state index in [1.807, 2.05) is 6.07 Å². The molecule has 2 heteroatoms. The average Bonchev–Trinajstić information content (AvgIpc) is 2.49. The summed E-state index contributed by atoms with van der Waals surface area (Å²) in [4.78, 5) is 0. The monoisotopic (exact) mass is 254 g/mol. The molecule has 0 saturated carbocycles. The molecule has 1 unspecified atom stereocenters. The highest BCUT2D eigenvalue weighted by Gasteiger charge is 2.11. The molecule has 0 saturated heterocycles. The summed E-state index contributed by atoms with van der Waals surface area (Å²) in [5, 5.41) is 3.55. The van der Waals surface area contributed by atoms with E-state index in [-0.39, 0.29) is 6.04 Å². The highest BCUT2D eigenvalue weighted by molar-refractivity contribution is 5.30. The fraction of sp³-hybridized carbons (Fsp3) is 0.294. The van der Waals surface area contributed by atoms with Crippen LogP contribution >= 0.6 is 0 Å². The van der Waals surface area contributed by atoms with Crippen LogP contribution in [0.25, 0.3) is 0 Å². The van der Waals surface area contributed by atoms with Gasteiger partial charge in [0.05, 0.1) is 0 Å². The quantitative estimate of drug-likeness (QED) is 0.831. The number of benzene rings is 2. The second kappa shape index (κ2) is 7.07. The maximum absolute atomic E-state index is 5.93. The highest BCUT2D eigenvalue weighted by atomic mass is 14.9. The molecule has 1 atom stereocenters. The molecule has 0 aliphatic heterocycles. The third-order valence-electron chi connectivity index (χ3n) is 3.44. The van der Waals surface area contributed by atoms with E-state index in [1.165, 1.54) is 16.7 Å². The van der Waals surface area contributed by atoms with Gasteiger partial charge < -0.3 is 11.1 Å². The second-order valence-corrected chi connectivity index (χ2v) is 4.71. The zero-order valence-corrected chi connectivity index (χ0v) is 11.5. The fourth-order valence-corrected chi connectivity index (χ4v) is 2.35. The van der Waals surface area contributed by atoms with Crippen LogP contribution in [-0.4, -0.2) is 6.54 Å². The van der Waals surface area contributed by atoms with Crippen molar-refractivity contribution < 1.29 is 0 Å². The predicted octanol–water partition coefficient (Wildman–Crippen LogP) is 3.04. The summed E-state index contributed by atoms with van der Waals surface area (Å²) in [5.41, 5.74) is 9.91. The lowest BCUT2D eigenvalue weighted by atomic mass is 9.98. The summed E-state index contributed by atoms with van der Waals surface area (Å²) in [6.45, 7) is 3.65. The van der Waals surface area contributed by atoms with Gasteiger partial charge in [-0.2, -0.15) is 0 Å². The van der Waals surface area contributed by atoms with Crippen molar-refractivity contribution in [2.45, 2.75) is 25.9 Å². The maximum Gasteiger partial charge on any atom is 0.0449 e. The highest BCUT2D eigenvalue weighted by Crippen LogP contribution is 2.18. The Kier molecular flexibility index (Phi) is 5.13. The molecule has 0 amide bonds. The number of hydrogen-bond acceptors (Lipinski definition) is 2. The van der Waals surface area contributed by atoms with Gasteiger partial charge in [-0.3, -0.25) is 0 Å². The van der Waals surface area contributed by atoms with Gasteiger partial charge in [-0.05, 0) is 23.1 Å². The van der Waals surface area contributed by atoms with Gasteiger partial charge in [-0.1, -0.05) is 61.5 Å². The molecule has 3 N–H and O–H groups in total. The minimum absolute atomic E-state index is 0.219. The Morgan fingerprint density at radius 3 is 2.37 bits per heavy atom. The molecule has 0 fully saturated rings. The van der Waals surface area contributed by atoms with Crippen LogP contribution in [0.5, 0.6) is 0 Å². The zero-order chi connectivity index (χ0) is 13.5. The standard InChI is InChI=1S/C17H22N2/c1-2-15-10-6-7-11-16(15)17(12-18)19-13-14-8-4-3-5-9-14/h3-11,17,19H,2,12-13,18H2,1H3. The summed E-state index contributed by atoms with van der Waals surface area (Å²) in [6.07, 6.45) is 1.04. The van der Waals surface area contributed by atoms with E-state index in [0.29, 0.717) is 6.54 Å². The van der Waals surface area contributed by atoms with E-state index >= 15 is 0 Å². The molecule has 2 nitrogen and oxygen atoms in total. The van der Waals surface area contributed by atoms with E-state index in [0.717, 1.165) is 13.0 Å². The van der Waals surface area contributed by atoms with Crippen molar-refractivity contribution in [2.24, 2.45) is 5.73 Å². The molecular formula is C17H22N2. The first-order valence-corrected chi connectivity index (χ1v) is 6.90. The van der Waals surface area contributed by atoms with Crippen molar-refractivity contribution in [3.8, 4) is 0 Å². The first-order chi connectivity index (χ1) is 9.35. The van der Waals surface area contributed by atoms with Crippen molar-refractivity contribution in [1.29, 1.82) is 0 Å². The van der Waals surface area contributed by atoms with Gasteiger partial charge in [-0.15, -0.1) is 0 Å². The van der Waals surface area contributed by atoms with Crippen LogP contribution in [0.3, 0.4) is 0 Å². The normalized spacial score (nSPS) is 12.3. The van der Waals surface area contributed by atoms with Crippen LogP contribution in [0.1, 0.15) is 29.7 Å². The summed E-state index contributed by atoms with van der Waals surface area (Å²) < 4.78 is 0. The van der Waals surface area contributed by atoms with Gasteiger partial charge in [0, 0.05) is 19.1 Å². The minimum atomic E-state index is 0.219. The van der Waals surface area contributed by atoms with Crippen LogP contribution < -0.4 is 11.1 Å². The molecule has 0 aliphatic carbocycles. The third-order valence-corrected chi connectivity index (χ3v) is 3.44. The molecule has 2 aromatic rings.